The molecule has 0 N–H and O–H groups in total. The number of piperidine rings is 1. The van der Waals surface area contributed by atoms with Gasteiger partial charge in [-0.1, -0.05) is 12.1 Å². The van der Waals surface area contributed by atoms with Crippen LogP contribution in [0.2, 0.25) is 0 Å². The van der Waals surface area contributed by atoms with Gasteiger partial charge in [0.25, 0.3) is 5.91 Å². The lowest BCUT2D eigenvalue weighted by atomic mass is 10.0. The lowest BCUT2D eigenvalue weighted by Crippen LogP contribution is -2.53. The average molecular weight is 330 g/mol. The van der Waals surface area contributed by atoms with E-state index in [0.717, 1.165) is 0 Å². The minimum atomic E-state index is -0.949. The highest BCUT2D eigenvalue weighted by Gasteiger charge is 2.40. The first-order valence-corrected chi connectivity index (χ1v) is 8.28. The van der Waals surface area contributed by atoms with E-state index in [1.54, 1.807) is 23.6 Å². The topological polar surface area (TPSA) is 66.9 Å². The van der Waals surface area contributed by atoms with Gasteiger partial charge in [0, 0.05) is 38.9 Å². The van der Waals surface area contributed by atoms with Crippen molar-refractivity contribution in [1.82, 2.24) is 4.90 Å². The molecule has 1 aromatic carbocycles. The predicted octanol–water partition coefficient (Wildman–Crippen LogP) is 1.77. The number of likely N-dealkylation sites (tertiary alicyclic amines) is 1. The molecule has 0 atom stereocenters. The van der Waals surface area contributed by atoms with Crippen LogP contribution in [0.4, 0.5) is 5.69 Å². The summed E-state index contributed by atoms with van der Waals surface area (Å²) in [5.41, 5.74) is -0.252. The molecule has 1 aromatic rings. The lowest BCUT2D eigenvalue weighted by molar-refractivity contribution is -0.134. The van der Waals surface area contributed by atoms with Gasteiger partial charge in [0.1, 0.15) is 11.5 Å². The number of anilines is 1. The minimum Gasteiger partial charge on any atom is -0.476 e. The number of ketones is 1. The first kappa shape index (κ1) is 16.5. The third-order valence-corrected chi connectivity index (χ3v) is 4.50. The molecule has 6 nitrogen and oxygen atoms in total. The van der Waals surface area contributed by atoms with Crippen LogP contribution in [0.1, 0.15) is 33.1 Å². The highest BCUT2D eigenvalue weighted by atomic mass is 16.5. The molecule has 0 aromatic heterocycles. The molecule has 2 amide bonds. The number of carbonyl (C=O) groups excluding carboxylic acids is 3. The molecule has 0 radical (unpaired) electrons. The summed E-state index contributed by atoms with van der Waals surface area (Å²) in [5.74, 6) is 0.691. The number of ether oxygens (including phenoxy) is 1. The zero-order valence-corrected chi connectivity index (χ0v) is 14.1. The van der Waals surface area contributed by atoms with Crippen molar-refractivity contribution in [2.24, 2.45) is 0 Å². The van der Waals surface area contributed by atoms with Gasteiger partial charge in [-0.2, -0.15) is 0 Å². The Balaban J connectivity index is 1.71. The van der Waals surface area contributed by atoms with E-state index in [4.69, 9.17) is 4.74 Å². The van der Waals surface area contributed by atoms with Crippen molar-refractivity contribution in [3.8, 4) is 5.75 Å². The van der Waals surface area contributed by atoms with Gasteiger partial charge in [0.2, 0.25) is 5.91 Å². The minimum absolute atomic E-state index is 0.0166. The number of rotatable bonds is 3. The van der Waals surface area contributed by atoms with Crippen molar-refractivity contribution in [2.75, 3.05) is 24.5 Å². The summed E-state index contributed by atoms with van der Waals surface area (Å²) in [4.78, 5) is 39.7. The second-order valence-electron chi connectivity index (χ2n) is 6.71. The Labute approximate surface area is 141 Å². The SMILES string of the molecule is CC1(C)Oc2ccccc2N(CCC(=O)N2CCC(=O)CC2)C1=O. The van der Waals surface area contributed by atoms with Crippen LogP contribution in [-0.4, -0.2) is 47.7 Å². The second-order valence-corrected chi connectivity index (χ2v) is 6.71. The zero-order chi connectivity index (χ0) is 17.3. The molecule has 3 rings (SSSR count). The monoisotopic (exact) mass is 330 g/mol. The van der Waals surface area contributed by atoms with Crippen molar-refractivity contribution in [3.63, 3.8) is 0 Å². The molecular weight excluding hydrogens is 308 g/mol. The predicted molar refractivity (Wildman–Crippen MR) is 88.9 cm³/mol. The molecule has 0 bridgehead atoms. The van der Waals surface area contributed by atoms with Crippen LogP contribution in [-0.2, 0) is 14.4 Å². The largest absolute Gasteiger partial charge is 0.476 e. The fourth-order valence-electron chi connectivity index (χ4n) is 3.11. The molecule has 0 unspecified atom stereocenters. The number of hydrogen-bond donors (Lipinski definition) is 0. The summed E-state index contributed by atoms with van der Waals surface area (Å²) in [7, 11) is 0. The molecule has 24 heavy (non-hydrogen) atoms. The number of fused-ring (bicyclic) bond motifs is 1. The standard InChI is InChI=1S/C18H22N2O4/c1-18(2)17(23)20(14-5-3-4-6-15(14)24-18)12-9-16(22)19-10-7-13(21)8-11-19/h3-6H,7-12H2,1-2H3. The van der Waals surface area contributed by atoms with Gasteiger partial charge in [0.15, 0.2) is 5.60 Å². The average Bonchev–Trinajstić information content (AvgIpc) is 2.55. The number of amides is 2. The molecule has 2 heterocycles. The van der Waals surface area contributed by atoms with E-state index in [0.29, 0.717) is 43.9 Å². The van der Waals surface area contributed by atoms with Crippen molar-refractivity contribution in [3.05, 3.63) is 24.3 Å². The summed E-state index contributed by atoms with van der Waals surface area (Å²) in [5, 5.41) is 0. The van der Waals surface area contributed by atoms with E-state index in [1.807, 2.05) is 24.3 Å². The molecule has 0 spiro atoms. The maximum absolute atomic E-state index is 12.7. The molecular formula is C18H22N2O4. The number of nitrogens with zero attached hydrogens (tertiary/aromatic N) is 2. The number of para-hydroxylation sites is 2. The summed E-state index contributed by atoms with van der Waals surface area (Å²) < 4.78 is 5.77. The highest BCUT2D eigenvalue weighted by molar-refractivity contribution is 6.02. The highest BCUT2D eigenvalue weighted by Crippen LogP contribution is 2.37. The van der Waals surface area contributed by atoms with E-state index < -0.39 is 5.60 Å². The quantitative estimate of drug-likeness (QED) is 0.847. The van der Waals surface area contributed by atoms with Gasteiger partial charge in [-0.05, 0) is 26.0 Å². The molecule has 2 aliphatic heterocycles. The second kappa shape index (κ2) is 6.26. The van der Waals surface area contributed by atoms with Crippen molar-refractivity contribution < 1.29 is 19.1 Å². The Hall–Kier alpha value is -2.37. The molecule has 128 valence electrons. The van der Waals surface area contributed by atoms with Gasteiger partial charge in [-0.25, -0.2) is 0 Å². The van der Waals surface area contributed by atoms with E-state index in [1.165, 1.54) is 0 Å². The number of hydrogen-bond acceptors (Lipinski definition) is 4. The smallest absolute Gasteiger partial charge is 0.270 e. The summed E-state index contributed by atoms with van der Waals surface area (Å²) in [6.07, 6.45) is 1.10. The summed E-state index contributed by atoms with van der Waals surface area (Å²) in [6, 6.07) is 7.36. The van der Waals surface area contributed by atoms with E-state index >= 15 is 0 Å². The van der Waals surface area contributed by atoms with Crippen LogP contribution in [0.15, 0.2) is 24.3 Å². The first-order valence-electron chi connectivity index (χ1n) is 8.28. The Bertz CT molecular complexity index is 673. The number of benzene rings is 1. The van der Waals surface area contributed by atoms with Gasteiger partial charge in [0.05, 0.1) is 5.69 Å². The zero-order valence-electron chi connectivity index (χ0n) is 14.1. The molecule has 1 fully saturated rings. The Kier molecular flexibility index (Phi) is 4.30. The molecule has 0 aliphatic carbocycles. The number of Topliss-reactive ketones (excluding diaryl/α,β-unsaturated/α-hetero) is 1. The third-order valence-electron chi connectivity index (χ3n) is 4.50. The first-order chi connectivity index (χ1) is 11.4. The Morgan fingerprint density at radius 3 is 2.54 bits per heavy atom. The van der Waals surface area contributed by atoms with Crippen LogP contribution < -0.4 is 9.64 Å². The van der Waals surface area contributed by atoms with Gasteiger partial charge < -0.3 is 14.5 Å². The maximum atomic E-state index is 12.7. The molecule has 0 saturated carbocycles. The van der Waals surface area contributed by atoms with E-state index in [2.05, 4.69) is 0 Å². The Morgan fingerprint density at radius 1 is 1.17 bits per heavy atom. The van der Waals surface area contributed by atoms with Crippen LogP contribution in [0.25, 0.3) is 0 Å². The molecule has 1 saturated heterocycles. The fraction of sp³-hybridized carbons (Fsp3) is 0.500. The Morgan fingerprint density at radius 2 is 1.83 bits per heavy atom. The summed E-state index contributed by atoms with van der Waals surface area (Å²) >= 11 is 0. The van der Waals surface area contributed by atoms with Crippen LogP contribution in [0, 0.1) is 0 Å². The molecule has 2 aliphatic rings. The third kappa shape index (κ3) is 3.13. The van der Waals surface area contributed by atoms with Crippen LogP contribution >= 0.6 is 0 Å². The van der Waals surface area contributed by atoms with Crippen molar-refractivity contribution >= 4 is 23.3 Å². The fourth-order valence-corrected chi connectivity index (χ4v) is 3.11. The molecule has 6 heteroatoms. The van der Waals surface area contributed by atoms with E-state index in [9.17, 15) is 14.4 Å². The van der Waals surface area contributed by atoms with Gasteiger partial charge >= 0.3 is 0 Å². The van der Waals surface area contributed by atoms with Crippen molar-refractivity contribution in [1.29, 1.82) is 0 Å². The van der Waals surface area contributed by atoms with Gasteiger partial charge in [-0.15, -0.1) is 0 Å². The van der Waals surface area contributed by atoms with Crippen LogP contribution in [0.5, 0.6) is 5.75 Å². The van der Waals surface area contributed by atoms with E-state index in [-0.39, 0.29) is 24.0 Å². The van der Waals surface area contributed by atoms with Crippen LogP contribution in [0.3, 0.4) is 0 Å². The number of carbonyl (C=O) groups is 3. The van der Waals surface area contributed by atoms with Crippen molar-refractivity contribution in [2.45, 2.75) is 38.7 Å². The maximum Gasteiger partial charge on any atom is 0.270 e. The lowest BCUT2D eigenvalue weighted by Gasteiger charge is -2.39. The van der Waals surface area contributed by atoms with Gasteiger partial charge in [-0.3, -0.25) is 14.4 Å². The normalized spacial score (nSPS) is 19.8. The summed E-state index contributed by atoms with van der Waals surface area (Å²) in [6.45, 7) is 4.74.